The van der Waals surface area contributed by atoms with Crippen LogP contribution in [0.3, 0.4) is 0 Å². The number of hydrogen-bond acceptors (Lipinski definition) is 4. The SMILES string of the molecule is COc1ccc(/C=N\NC(=O)C(O)(c2ccccc2)c2ccccc2)c(C)c1. The summed E-state index contributed by atoms with van der Waals surface area (Å²) in [6.45, 7) is 1.93. The van der Waals surface area contributed by atoms with Gasteiger partial charge in [0, 0.05) is 0 Å². The van der Waals surface area contributed by atoms with E-state index in [1.807, 2.05) is 37.3 Å². The Balaban J connectivity index is 1.87. The van der Waals surface area contributed by atoms with E-state index in [0.717, 1.165) is 16.9 Å². The van der Waals surface area contributed by atoms with Gasteiger partial charge in [-0.3, -0.25) is 4.79 Å². The molecular weight excluding hydrogens is 352 g/mol. The van der Waals surface area contributed by atoms with E-state index >= 15 is 0 Å². The summed E-state index contributed by atoms with van der Waals surface area (Å²) in [6.07, 6.45) is 1.54. The van der Waals surface area contributed by atoms with E-state index < -0.39 is 11.5 Å². The summed E-state index contributed by atoms with van der Waals surface area (Å²) in [4.78, 5) is 12.9. The third-order valence-corrected chi connectivity index (χ3v) is 4.56. The molecule has 5 nitrogen and oxygen atoms in total. The highest BCUT2D eigenvalue weighted by Crippen LogP contribution is 2.29. The summed E-state index contributed by atoms with van der Waals surface area (Å²) in [5.74, 6) is 0.119. The van der Waals surface area contributed by atoms with Crippen LogP contribution in [0.25, 0.3) is 0 Å². The van der Waals surface area contributed by atoms with Crippen molar-refractivity contribution in [3.63, 3.8) is 0 Å². The smallest absolute Gasteiger partial charge is 0.281 e. The van der Waals surface area contributed by atoms with Gasteiger partial charge in [-0.25, -0.2) is 5.43 Å². The molecule has 0 spiro atoms. The highest BCUT2D eigenvalue weighted by atomic mass is 16.5. The largest absolute Gasteiger partial charge is 0.497 e. The number of carbonyl (C=O) groups is 1. The van der Waals surface area contributed by atoms with Gasteiger partial charge in [-0.05, 0) is 47.4 Å². The van der Waals surface area contributed by atoms with Gasteiger partial charge in [0.15, 0.2) is 5.60 Å². The fourth-order valence-electron chi connectivity index (χ4n) is 2.95. The third kappa shape index (κ3) is 3.94. The van der Waals surface area contributed by atoms with E-state index in [1.54, 1.807) is 61.9 Å². The van der Waals surface area contributed by atoms with Crippen LogP contribution in [-0.2, 0) is 10.4 Å². The Morgan fingerprint density at radius 3 is 2.07 bits per heavy atom. The lowest BCUT2D eigenvalue weighted by atomic mass is 9.85. The van der Waals surface area contributed by atoms with Gasteiger partial charge in [0.2, 0.25) is 0 Å². The first-order valence-electron chi connectivity index (χ1n) is 8.87. The second-order valence-electron chi connectivity index (χ2n) is 6.36. The highest BCUT2D eigenvalue weighted by Gasteiger charge is 2.39. The molecule has 0 bridgehead atoms. The summed E-state index contributed by atoms with van der Waals surface area (Å²) < 4.78 is 5.19. The van der Waals surface area contributed by atoms with Crippen LogP contribution in [0, 0.1) is 6.92 Å². The molecule has 0 atom stereocenters. The molecule has 142 valence electrons. The van der Waals surface area contributed by atoms with E-state index in [0.29, 0.717) is 11.1 Å². The van der Waals surface area contributed by atoms with Crippen molar-refractivity contribution in [2.45, 2.75) is 12.5 Å². The number of ether oxygens (including phenoxy) is 1. The van der Waals surface area contributed by atoms with Crippen LogP contribution in [0.15, 0.2) is 84.0 Å². The maximum absolute atomic E-state index is 12.9. The fourth-order valence-corrected chi connectivity index (χ4v) is 2.95. The molecule has 28 heavy (non-hydrogen) atoms. The first kappa shape index (κ1) is 19.3. The number of benzene rings is 3. The van der Waals surface area contributed by atoms with Crippen LogP contribution < -0.4 is 10.2 Å². The number of hydrogen-bond donors (Lipinski definition) is 2. The number of nitrogens with one attached hydrogen (secondary N) is 1. The van der Waals surface area contributed by atoms with Crippen molar-refractivity contribution in [1.82, 2.24) is 5.43 Å². The van der Waals surface area contributed by atoms with Crippen molar-refractivity contribution in [3.8, 4) is 5.75 Å². The zero-order valence-electron chi connectivity index (χ0n) is 15.8. The van der Waals surface area contributed by atoms with Crippen molar-refractivity contribution < 1.29 is 14.6 Å². The number of methoxy groups -OCH3 is 1. The van der Waals surface area contributed by atoms with Gasteiger partial charge in [0.05, 0.1) is 13.3 Å². The van der Waals surface area contributed by atoms with Gasteiger partial charge in [-0.2, -0.15) is 5.10 Å². The first-order chi connectivity index (χ1) is 13.6. The molecule has 2 N–H and O–H groups in total. The van der Waals surface area contributed by atoms with E-state index in [-0.39, 0.29) is 0 Å². The molecule has 0 aliphatic carbocycles. The minimum atomic E-state index is -1.85. The minimum absolute atomic E-state index is 0.467. The average Bonchev–Trinajstić information content (AvgIpc) is 2.75. The summed E-state index contributed by atoms with van der Waals surface area (Å²) in [7, 11) is 1.61. The number of carbonyl (C=O) groups excluding carboxylic acids is 1. The molecule has 0 unspecified atom stereocenters. The Morgan fingerprint density at radius 1 is 1.00 bits per heavy atom. The summed E-state index contributed by atoms with van der Waals surface area (Å²) in [5, 5.41) is 15.4. The predicted octanol–water partition coefficient (Wildman–Crippen LogP) is 3.39. The molecule has 0 aliphatic heterocycles. The first-order valence-corrected chi connectivity index (χ1v) is 8.87. The van der Waals surface area contributed by atoms with Crippen LogP contribution >= 0.6 is 0 Å². The van der Waals surface area contributed by atoms with Crippen LogP contribution in [-0.4, -0.2) is 24.3 Å². The second kappa shape index (κ2) is 8.50. The average molecular weight is 374 g/mol. The zero-order valence-corrected chi connectivity index (χ0v) is 15.8. The van der Waals surface area contributed by atoms with Crippen molar-refractivity contribution in [3.05, 3.63) is 101 Å². The number of hydrazone groups is 1. The Kier molecular flexibility index (Phi) is 5.87. The van der Waals surface area contributed by atoms with E-state index in [1.165, 1.54) is 0 Å². The topological polar surface area (TPSA) is 70.9 Å². The fraction of sp³-hybridized carbons (Fsp3) is 0.130. The Labute approximate surface area is 164 Å². The van der Waals surface area contributed by atoms with Crippen molar-refractivity contribution in [1.29, 1.82) is 0 Å². The maximum Gasteiger partial charge on any atom is 0.281 e. The molecule has 3 rings (SSSR count). The highest BCUT2D eigenvalue weighted by molar-refractivity contribution is 5.91. The predicted molar refractivity (Wildman–Crippen MR) is 109 cm³/mol. The molecule has 5 heteroatoms. The number of aryl methyl sites for hydroxylation is 1. The molecule has 0 heterocycles. The lowest BCUT2D eigenvalue weighted by Crippen LogP contribution is -2.43. The van der Waals surface area contributed by atoms with Crippen molar-refractivity contribution in [2.75, 3.05) is 7.11 Å². The molecular formula is C23H22N2O3. The van der Waals surface area contributed by atoms with Gasteiger partial charge >= 0.3 is 0 Å². The lowest BCUT2D eigenvalue weighted by Gasteiger charge is -2.27. The molecule has 1 amide bonds. The summed E-state index contributed by atoms with van der Waals surface area (Å²) in [5.41, 5.74) is 3.35. The monoisotopic (exact) mass is 374 g/mol. The molecule has 0 aliphatic rings. The Morgan fingerprint density at radius 2 is 1.57 bits per heavy atom. The number of aliphatic hydroxyl groups is 1. The summed E-state index contributed by atoms with van der Waals surface area (Å²) in [6, 6.07) is 23.2. The number of amides is 1. The Bertz CT molecular complexity index is 930. The molecule has 3 aromatic carbocycles. The van der Waals surface area contributed by atoms with Crippen LogP contribution in [0.5, 0.6) is 5.75 Å². The van der Waals surface area contributed by atoms with Gasteiger partial charge in [0.25, 0.3) is 5.91 Å². The normalized spacial score (nSPS) is 11.4. The number of nitrogens with zero attached hydrogens (tertiary/aromatic N) is 1. The van der Waals surface area contributed by atoms with Gasteiger partial charge in [-0.1, -0.05) is 60.7 Å². The van der Waals surface area contributed by atoms with E-state index in [2.05, 4.69) is 10.5 Å². The van der Waals surface area contributed by atoms with Gasteiger partial charge in [-0.15, -0.1) is 0 Å². The van der Waals surface area contributed by atoms with Crippen LogP contribution in [0.4, 0.5) is 0 Å². The van der Waals surface area contributed by atoms with Crippen LogP contribution in [0.1, 0.15) is 22.3 Å². The molecule has 0 aromatic heterocycles. The van der Waals surface area contributed by atoms with Crippen molar-refractivity contribution in [2.24, 2.45) is 5.10 Å². The Hall–Kier alpha value is -3.44. The zero-order chi connectivity index (χ0) is 20.0. The number of rotatable bonds is 6. The lowest BCUT2D eigenvalue weighted by molar-refractivity contribution is -0.136. The molecule has 0 saturated heterocycles. The van der Waals surface area contributed by atoms with E-state index in [4.69, 9.17) is 4.74 Å². The maximum atomic E-state index is 12.9. The standard InChI is InChI=1S/C23H22N2O3/c1-17-15-21(28-2)14-13-18(17)16-24-25-22(26)23(27,19-9-5-3-6-10-19)20-11-7-4-8-12-20/h3-16,27H,1-2H3,(H,25,26)/b24-16-. The van der Waals surface area contributed by atoms with Gasteiger partial charge in [0.1, 0.15) is 5.75 Å². The quantitative estimate of drug-likeness (QED) is 0.513. The molecule has 3 aromatic rings. The van der Waals surface area contributed by atoms with Crippen LogP contribution in [0.2, 0.25) is 0 Å². The third-order valence-electron chi connectivity index (χ3n) is 4.56. The molecule has 0 saturated carbocycles. The molecule has 0 radical (unpaired) electrons. The van der Waals surface area contributed by atoms with Crippen molar-refractivity contribution >= 4 is 12.1 Å². The second-order valence-corrected chi connectivity index (χ2v) is 6.36. The molecule has 0 fully saturated rings. The minimum Gasteiger partial charge on any atom is -0.497 e. The summed E-state index contributed by atoms with van der Waals surface area (Å²) >= 11 is 0. The van der Waals surface area contributed by atoms with Gasteiger partial charge < -0.3 is 9.84 Å². The van der Waals surface area contributed by atoms with E-state index in [9.17, 15) is 9.90 Å².